The lowest BCUT2D eigenvalue weighted by atomic mass is 9.83. The molecule has 4 rings (SSSR count). The zero-order valence-corrected chi connectivity index (χ0v) is 23.5. The van der Waals surface area contributed by atoms with Gasteiger partial charge in [0.15, 0.2) is 5.82 Å². The van der Waals surface area contributed by atoms with Gasteiger partial charge in [0.2, 0.25) is 0 Å². The lowest BCUT2D eigenvalue weighted by Crippen LogP contribution is -2.48. The van der Waals surface area contributed by atoms with Crippen molar-refractivity contribution in [1.82, 2.24) is 25.3 Å². The molecule has 0 aliphatic carbocycles. The van der Waals surface area contributed by atoms with Crippen molar-refractivity contribution in [2.45, 2.75) is 58.1 Å². The Morgan fingerprint density at radius 2 is 1.92 bits per heavy atom. The van der Waals surface area contributed by atoms with Crippen molar-refractivity contribution in [3.63, 3.8) is 0 Å². The van der Waals surface area contributed by atoms with Crippen molar-refractivity contribution < 1.29 is 19.1 Å². The van der Waals surface area contributed by atoms with Gasteiger partial charge >= 0.3 is 0 Å². The first kappa shape index (κ1) is 28.2. The molecule has 38 heavy (non-hydrogen) atoms. The van der Waals surface area contributed by atoms with E-state index >= 15 is 0 Å². The van der Waals surface area contributed by atoms with E-state index in [2.05, 4.69) is 36.4 Å². The summed E-state index contributed by atoms with van der Waals surface area (Å²) >= 11 is 0. The Bertz CT molecular complexity index is 1200. The fourth-order valence-electron chi connectivity index (χ4n) is 5.24. The highest BCUT2D eigenvalue weighted by Gasteiger charge is 2.35. The predicted molar refractivity (Wildman–Crippen MR) is 147 cm³/mol. The van der Waals surface area contributed by atoms with Gasteiger partial charge in [0.25, 0.3) is 0 Å². The number of aryl methyl sites for hydroxylation is 3. The first-order chi connectivity index (χ1) is 18.2. The molecular weight excluding hydrogens is 482 g/mol. The second kappa shape index (κ2) is 12.3. The lowest BCUT2D eigenvalue weighted by molar-refractivity contribution is -0.0120. The van der Waals surface area contributed by atoms with E-state index in [0.29, 0.717) is 18.1 Å². The Kier molecular flexibility index (Phi) is 9.15. The van der Waals surface area contributed by atoms with Gasteiger partial charge in [-0.15, -0.1) is 0 Å². The van der Waals surface area contributed by atoms with Crippen LogP contribution in [0.5, 0.6) is 5.75 Å². The number of hydrogen-bond acceptors (Lipinski definition) is 9. The normalized spacial score (nSPS) is 16.1. The van der Waals surface area contributed by atoms with Gasteiger partial charge in [0.05, 0.1) is 17.0 Å². The average Bonchev–Trinajstić information content (AvgIpc) is 3.25. The van der Waals surface area contributed by atoms with Gasteiger partial charge < -0.3 is 29.3 Å². The minimum atomic E-state index is -0.591. The molecule has 1 atom stereocenters. The van der Waals surface area contributed by atoms with Crippen LogP contribution in [0.25, 0.3) is 22.6 Å². The molecule has 9 heteroatoms. The third-order valence-electron chi connectivity index (χ3n) is 7.69. The van der Waals surface area contributed by atoms with Crippen LogP contribution in [0.3, 0.4) is 0 Å². The summed E-state index contributed by atoms with van der Waals surface area (Å²) in [6.45, 7) is 8.19. The molecule has 2 N–H and O–H groups in total. The summed E-state index contributed by atoms with van der Waals surface area (Å²) in [6, 6.07) is 7.72. The maximum Gasteiger partial charge on any atom is 0.160 e. The molecule has 3 aromatic rings. The van der Waals surface area contributed by atoms with E-state index in [9.17, 15) is 5.11 Å². The summed E-state index contributed by atoms with van der Waals surface area (Å²) in [7, 11) is 6.13. The quantitative estimate of drug-likeness (QED) is 0.389. The van der Waals surface area contributed by atoms with Gasteiger partial charge in [0.1, 0.15) is 24.2 Å². The zero-order chi connectivity index (χ0) is 27.3. The number of ether oxygens (including phenoxy) is 2. The Balaban J connectivity index is 1.71. The Morgan fingerprint density at radius 1 is 1.16 bits per heavy atom. The molecule has 2 aromatic heterocycles. The van der Waals surface area contributed by atoms with Crippen molar-refractivity contribution in [2.24, 2.45) is 0 Å². The Hall–Kier alpha value is -2.85. The van der Waals surface area contributed by atoms with Crippen LogP contribution in [0.1, 0.15) is 42.0 Å². The topological polar surface area (TPSA) is 106 Å². The van der Waals surface area contributed by atoms with E-state index < -0.39 is 6.10 Å². The van der Waals surface area contributed by atoms with E-state index in [1.54, 1.807) is 7.05 Å². The minimum absolute atomic E-state index is 0.0843. The Morgan fingerprint density at radius 3 is 2.58 bits per heavy atom. The van der Waals surface area contributed by atoms with Crippen molar-refractivity contribution in [2.75, 3.05) is 47.5 Å². The van der Waals surface area contributed by atoms with E-state index in [4.69, 9.17) is 24.0 Å². The number of aliphatic hydroxyl groups is 1. The summed E-state index contributed by atoms with van der Waals surface area (Å²) in [5, 5.41) is 17.2. The second-order valence-electron chi connectivity index (χ2n) is 10.4. The summed E-state index contributed by atoms with van der Waals surface area (Å²) in [5.74, 6) is 2.04. The number of aromatic nitrogens is 3. The maximum atomic E-state index is 10.0. The van der Waals surface area contributed by atoms with Gasteiger partial charge in [0, 0.05) is 36.6 Å². The number of benzene rings is 1. The minimum Gasteiger partial charge on any atom is -0.491 e. The summed E-state index contributed by atoms with van der Waals surface area (Å²) in [6.07, 6.45) is 3.22. The number of rotatable bonds is 11. The number of likely N-dealkylation sites (N-methyl/N-ethyl adjacent to an activating group) is 1. The largest absolute Gasteiger partial charge is 0.491 e. The summed E-state index contributed by atoms with van der Waals surface area (Å²) in [5.41, 5.74) is 5.59. The first-order valence-electron chi connectivity index (χ1n) is 13.4. The smallest absolute Gasteiger partial charge is 0.160 e. The maximum absolute atomic E-state index is 10.0. The van der Waals surface area contributed by atoms with Gasteiger partial charge in [-0.1, -0.05) is 17.3 Å². The summed E-state index contributed by atoms with van der Waals surface area (Å²) < 4.78 is 17.0. The number of aliphatic hydroxyl groups excluding tert-OH is 1. The fraction of sp³-hybridized carbons (Fsp3) is 0.552. The Labute approximate surface area is 225 Å². The van der Waals surface area contributed by atoms with E-state index in [0.717, 1.165) is 78.4 Å². The van der Waals surface area contributed by atoms with E-state index in [1.807, 2.05) is 38.1 Å². The number of nitrogens with one attached hydrogen (secondary N) is 1. The van der Waals surface area contributed by atoms with Crippen molar-refractivity contribution in [1.29, 1.82) is 0 Å². The molecule has 206 valence electrons. The SMILES string of the molecule is CNCC(O)COc1cccc(-c2nc(CCC3(N(C)C)CCOCC3)c(C)c(-c3c(C)noc3C)n2)c1. The molecular formula is C29H41N5O4. The fourth-order valence-corrected chi connectivity index (χ4v) is 5.24. The highest BCUT2D eigenvalue weighted by molar-refractivity contribution is 5.71. The predicted octanol–water partition coefficient (Wildman–Crippen LogP) is 3.73. The number of nitrogens with zero attached hydrogens (tertiary/aromatic N) is 4. The van der Waals surface area contributed by atoms with E-state index in [1.165, 1.54) is 0 Å². The molecule has 1 aromatic carbocycles. The van der Waals surface area contributed by atoms with Crippen LogP contribution in [0.2, 0.25) is 0 Å². The van der Waals surface area contributed by atoms with Crippen LogP contribution in [0.4, 0.5) is 0 Å². The van der Waals surface area contributed by atoms with Gasteiger partial charge in [-0.2, -0.15) is 0 Å². The van der Waals surface area contributed by atoms with Crippen molar-refractivity contribution in [3.8, 4) is 28.4 Å². The van der Waals surface area contributed by atoms with Crippen LogP contribution in [-0.4, -0.2) is 84.3 Å². The van der Waals surface area contributed by atoms with Crippen LogP contribution in [-0.2, 0) is 11.2 Å². The van der Waals surface area contributed by atoms with Crippen LogP contribution in [0.15, 0.2) is 28.8 Å². The highest BCUT2D eigenvalue weighted by atomic mass is 16.5. The third kappa shape index (κ3) is 6.23. The molecule has 0 bridgehead atoms. The molecule has 0 saturated carbocycles. The molecule has 1 saturated heterocycles. The molecule has 3 heterocycles. The van der Waals surface area contributed by atoms with Crippen LogP contribution >= 0.6 is 0 Å². The molecule has 0 amide bonds. The van der Waals surface area contributed by atoms with Crippen LogP contribution < -0.4 is 10.1 Å². The molecule has 1 fully saturated rings. The molecule has 1 aliphatic rings. The molecule has 0 radical (unpaired) electrons. The first-order valence-corrected chi connectivity index (χ1v) is 13.4. The standard InChI is InChI=1S/C29H41N5O4/c1-19-25(10-11-29(34(5)6)12-14-36-15-13-29)31-28(32-27(19)26-20(2)33-38-21(26)3)22-8-7-9-24(16-22)37-18-23(35)17-30-4/h7-9,16,23,30,35H,10-15,17-18H2,1-6H3. The molecule has 1 unspecified atom stereocenters. The van der Waals surface area contributed by atoms with Gasteiger partial charge in [-0.3, -0.25) is 0 Å². The zero-order valence-electron chi connectivity index (χ0n) is 23.5. The monoisotopic (exact) mass is 523 g/mol. The lowest BCUT2D eigenvalue weighted by Gasteiger charge is -2.43. The van der Waals surface area contributed by atoms with E-state index in [-0.39, 0.29) is 12.1 Å². The number of hydrogen-bond donors (Lipinski definition) is 2. The molecule has 0 spiro atoms. The van der Waals surface area contributed by atoms with Crippen molar-refractivity contribution in [3.05, 3.63) is 47.0 Å². The van der Waals surface area contributed by atoms with Gasteiger partial charge in [-0.05, 0) is 85.3 Å². The van der Waals surface area contributed by atoms with Crippen LogP contribution in [0, 0.1) is 20.8 Å². The average molecular weight is 524 g/mol. The molecule has 1 aliphatic heterocycles. The third-order valence-corrected chi connectivity index (χ3v) is 7.69. The summed E-state index contributed by atoms with van der Waals surface area (Å²) in [4.78, 5) is 12.5. The molecule has 9 nitrogen and oxygen atoms in total. The highest BCUT2D eigenvalue weighted by Crippen LogP contribution is 2.35. The van der Waals surface area contributed by atoms with Crippen molar-refractivity contribution >= 4 is 0 Å². The van der Waals surface area contributed by atoms with Gasteiger partial charge in [-0.25, -0.2) is 9.97 Å². The second-order valence-corrected chi connectivity index (χ2v) is 10.4.